The van der Waals surface area contributed by atoms with Gasteiger partial charge in [0.25, 0.3) is 0 Å². The zero-order chi connectivity index (χ0) is 11.0. The smallest absolute Gasteiger partial charge is 0.356 e. The predicted octanol–water partition coefficient (Wildman–Crippen LogP) is 1.67. The number of carboxylic acid groups (broad SMARTS) is 1. The van der Waals surface area contributed by atoms with Crippen molar-refractivity contribution in [2.45, 2.75) is 0 Å². The number of aromatic nitrogens is 2. The van der Waals surface area contributed by atoms with E-state index in [1.807, 2.05) is 6.07 Å². The minimum Gasteiger partial charge on any atom is -0.476 e. The van der Waals surface area contributed by atoms with E-state index >= 15 is 0 Å². The van der Waals surface area contributed by atoms with Crippen LogP contribution in [0.25, 0.3) is 5.65 Å². The molecule has 0 aliphatic heterocycles. The van der Waals surface area contributed by atoms with Crippen LogP contribution in [0.1, 0.15) is 16.1 Å². The lowest BCUT2D eigenvalue weighted by molar-refractivity contribution is 0.0691. The van der Waals surface area contributed by atoms with Crippen LogP contribution in [-0.2, 0) is 0 Å². The lowest BCUT2D eigenvalue weighted by Gasteiger charge is -1.95. The minimum atomic E-state index is -1.09. The molecule has 0 aliphatic rings. The van der Waals surface area contributed by atoms with E-state index < -0.39 is 5.97 Å². The molecular weight excluding hydrogens is 262 g/mol. The third-order valence-corrected chi connectivity index (χ3v) is 2.44. The molecule has 74 valence electrons. The van der Waals surface area contributed by atoms with Gasteiger partial charge in [0.15, 0.2) is 11.3 Å². The summed E-state index contributed by atoms with van der Waals surface area (Å²) in [4.78, 5) is 14.6. The number of imidazole rings is 1. The molecule has 0 fully saturated rings. The Morgan fingerprint density at radius 2 is 2.33 bits per heavy atom. The molecule has 2 aromatic rings. The summed E-state index contributed by atoms with van der Waals surface area (Å²) in [6.07, 6.45) is 2.89. The fourth-order valence-electron chi connectivity index (χ4n) is 1.22. The monoisotopic (exact) mass is 265 g/mol. The summed E-state index contributed by atoms with van der Waals surface area (Å²) in [5, 5.41) is 17.5. The van der Waals surface area contributed by atoms with Gasteiger partial charge in [-0.2, -0.15) is 5.26 Å². The summed E-state index contributed by atoms with van der Waals surface area (Å²) >= 11 is 3.22. The van der Waals surface area contributed by atoms with Gasteiger partial charge in [0, 0.05) is 12.4 Å². The van der Waals surface area contributed by atoms with E-state index in [4.69, 9.17) is 10.4 Å². The maximum Gasteiger partial charge on any atom is 0.356 e. The Bertz CT molecular complexity index is 597. The van der Waals surface area contributed by atoms with Gasteiger partial charge in [0.2, 0.25) is 0 Å². The minimum absolute atomic E-state index is 0.0502. The quantitative estimate of drug-likeness (QED) is 0.851. The molecule has 0 saturated carbocycles. The van der Waals surface area contributed by atoms with Gasteiger partial charge in [-0.25, -0.2) is 9.78 Å². The number of fused-ring (bicyclic) bond motifs is 1. The first-order valence-corrected chi connectivity index (χ1v) is 4.73. The Labute approximate surface area is 92.7 Å². The summed E-state index contributed by atoms with van der Waals surface area (Å²) in [6.45, 7) is 0. The molecule has 1 N–H and O–H groups in total. The van der Waals surface area contributed by atoms with Crippen molar-refractivity contribution in [3.8, 4) is 6.07 Å². The van der Waals surface area contributed by atoms with Crippen LogP contribution in [0.15, 0.2) is 22.9 Å². The lowest BCUT2D eigenvalue weighted by atomic mass is 10.3. The number of halogens is 1. The van der Waals surface area contributed by atoms with E-state index in [-0.39, 0.29) is 5.69 Å². The first-order chi connectivity index (χ1) is 7.11. The maximum absolute atomic E-state index is 10.7. The standard InChI is InChI=1S/C9H4BrN3O2/c10-6-1-5(2-11)3-13-4-7(9(14)15)12-8(6)13/h1,3-4H,(H,14,15). The zero-order valence-corrected chi connectivity index (χ0v) is 8.89. The highest BCUT2D eigenvalue weighted by Crippen LogP contribution is 2.19. The number of hydrogen-bond donors (Lipinski definition) is 1. The highest BCUT2D eigenvalue weighted by atomic mass is 79.9. The molecule has 5 nitrogen and oxygen atoms in total. The molecule has 0 atom stereocenters. The Hall–Kier alpha value is -1.87. The highest BCUT2D eigenvalue weighted by molar-refractivity contribution is 9.10. The number of carbonyl (C=O) groups is 1. The molecule has 0 bridgehead atoms. The molecule has 0 saturated heterocycles. The second-order valence-corrected chi connectivity index (χ2v) is 3.71. The molecule has 0 amide bonds. The topological polar surface area (TPSA) is 78.4 Å². The maximum atomic E-state index is 10.7. The third-order valence-electron chi connectivity index (χ3n) is 1.85. The van der Waals surface area contributed by atoms with E-state index in [0.717, 1.165) is 0 Å². The molecule has 0 spiro atoms. The number of nitrogens with zero attached hydrogens (tertiary/aromatic N) is 3. The number of aromatic carboxylic acids is 1. The second kappa shape index (κ2) is 3.37. The van der Waals surface area contributed by atoms with E-state index in [1.165, 1.54) is 16.8 Å². The van der Waals surface area contributed by atoms with Crippen molar-refractivity contribution >= 4 is 27.5 Å². The molecule has 2 rings (SSSR count). The highest BCUT2D eigenvalue weighted by Gasteiger charge is 2.11. The number of carboxylic acids is 1. The molecule has 2 heterocycles. The molecule has 0 aliphatic carbocycles. The number of hydrogen-bond acceptors (Lipinski definition) is 3. The van der Waals surface area contributed by atoms with E-state index in [0.29, 0.717) is 15.7 Å². The zero-order valence-electron chi connectivity index (χ0n) is 7.31. The van der Waals surface area contributed by atoms with Gasteiger partial charge in [-0.15, -0.1) is 0 Å². The normalized spacial score (nSPS) is 10.1. The molecular formula is C9H4BrN3O2. The van der Waals surface area contributed by atoms with Crippen LogP contribution >= 0.6 is 15.9 Å². The summed E-state index contributed by atoms with van der Waals surface area (Å²) in [5.74, 6) is -1.09. The first kappa shape index (κ1) is 9.68. The largest absolute Gasteiger partial charge is 0.476 e. The molecule has 0 aromatic carbocycles. The van der Waals surface area contributed by atoms with Crippen molar-refractivity contribution in [3.63, 3.8) is 0 Å². The second-order valence-electron chi connectivity index (χ2n) is 2.85. The van der Waals surface area contributed by atoms with E-state index in [2.05, 4.69) is 20.9 Å². The Morgan fingerprint density at radius 1 is 1.60 bits per heavy atom. The van der Waals surface area contributed by atoms with Gasteiger partial charge >= 0.3 is 5.97 Å². The summed E-state index contributed by atoms with van der Waals surface area (Å²) in [5.41, 5.74) is 0.862. The molecule has 0 radical (unpaired) electrons. The molecule has 15 heavy (non-hydrogen) atoms. The van der Waals surface area contributed by atoms with Crippen LogP contribution in [0, 0.1) is 11.3 Å². The average Bonchev–Trinajstić information content (AvgIpc) is 2.61. The van der Waals surface area contributed by atoms with Crippen LogP contribution in [0.5, 0.6) is 0 Å². The van der Waals surface area contributed by atoms with Crippen LogP contribution < -0.4 is 0 Å². The predicted molar refractivity (Wildman–Crippen MR) is 54.6 cm³/mol. The summed E-state index contributed by atoms with van der Waals surface area (Å²) < 4.78 is 2.10. The van der Waals surface area contributed by atoms with Crippen LogP contribution in [0.3, 0.4) is 0 Å². The van der Waals surface area contributed by atoms with Gasteiger partial charge in [-0.3, -0.25) is 0 Å². The van der Waals surface area contributed by atoms with E-state index in [9.17, 15) is 4.79 Å². The van der Waals surface area contributed by atoms with Crippen LogP contribution in [0.4, 0.5) is 0 Å². The van der Waals surface area contributed by atoms with Crippen molar-refractivity contribution in [1.29, 1.82) is 5.26 Å². The van der Waals surface area contributed by atoms with Gasteiger partial charge < -0.3 is 9.51 Å². The van der Waals surface area contributed by atoms with Crippen LogP contribution in [-0.4, -0.2) is 20.5 Å². The van der Waals surface area contributed by atoms with Crippen molar-refractivity contribution in [3.05, 3.63) is 34.2 Å². The van der Waals surface area contributed by atoms with Gasteiger partial charge in [0.1, 0.15) is 6.07 Å². The molecule has 6 heteroatoms. The number of pyridine rings is 1. The Balaban J connectivity index is 2.76. The molecule has 2 aromatic heterocycles. The van der Waals surface area contributed by atoms with Gasteiger partial charge in [-0.1, -0.05) is 0 Å². The van der Waals surface area contributed by atoms with Crippen molar-refractivity contribution in [2.24, 2.45) is 0 Å². The van der Waals surface area contributed by atoms with Crippen molar-refractivity contribution in [1.82, 2.24) is 9.38 Å². The number of nitriles is 1. The van der Waals surface area contributed by atoms with E-state index in [1.54, 1.807) is 6.07 Å². The first-order valence-electron chi connectivity index (χ1n) is 3.93. The Morgan fingerprint density at radius 3 is 2.93 bits per heavy atom. The van der Waals surface area contributed by atoms with Crippen molar-refractivity contribution in [2.75, 3.05) is 0 Å². The fraction of sp³-hybridized carbons (Fsp3) is 0. The SMILES string of the molecule is N#Cc1cc(Br)c2nc(C(=O)O)cn2c1. The van der Waals surface area contributed by atoms with Crippen molar-refractivity contribution < 1.29 is 9.90 Å². The lowest BCUT2D eigenvalue weighted by Crippen LogP contribution is -1.94. The van der Waals surface area contributed by atoms with Crippen LogP contribution in [0.2, 0.25) is 0 Å². The Kier molecular flexibility index (Phi) is 2.17. The van der Waals surface area contributed by atoms with Gasteiger partial charge in [0.05, 0.1) is 10.0 Å². The average molecular weight is 266 g/mol. The number of rotatable bonds is 1. The summed E-state index contributed by atoms with van der Waals surface area (Å²) in [7, 11) is 0. The molecule has 0 unspecified atom stereocenters. The summed E-state index contributed by atoms with van der Waals surface area (Å²) in [6, 6.07) is 3.56. The fourth-order valence-corrected chi connectivity index (χ4v) is 1.76. The van der Waals surface area contributed by atoms with Gasteiger partial charge in [-0.05, 0) is 22.0 Å². The third kappa shape index (κ3) is 1.57.